The van der Waals surface area contributed by atoms with E-state index in [9.17, 15) is 5.11 Å². The molecule has 1 unspecified atom stereocenters. The van der Waals surface area contributed by atoms with Gasteiger partial charge in [-0.1, -0.05) is 18.2 Å². The summed E-state index contributed by atoms with van der Waals surface area (Å²) in [6.07, 6.45) is -0.293. The Hall–Kier alpha value is -1.06. The van der Waals surface area contributed by atoms with Gasteiger partial charge in [-0.25, -0.2) is 0 Å². The number of hydrogen-bond acceptors (Lipinski definition) is 3. The van der Waals surface area contributed by atoms with Crippen molar-refractivity contribution >= 4 is 5.69 Å². The second kappa shape index (κ2) is 6.76. The summed E-state index contributed by atoms with van der Waals surface area (Å²) in [5, 5.41) is 9.58. The fourth-order valence-electron chi connectivity index (χ4n) is 2.10. The number of para-hydroxylation sites is 1. The number of anilines is 1. The maximum Gasteiger partial charge on any atom is 0.0639 e. The lowest BCUT2D eigenvalue weighted by Gasteiger charge is -2.29. The first-order chi connectivity index (χ1) is 8.41. The first-order valence-electron chi connectivity index (χ1n) is 6.59. The van der Waals surface area contributed by atoms with Crippen molar-refractivity contribution in [2.24, 2.45) is 0 Å². The van der Waals surface area contributed by atoms with Crippen molar-refractivity contribution in [1.29, 1.82) is 0 Å². The highest BCUT2D eigenvalue weighted by molar-refractivity contribution is 5.52. The minimum absolute atomic E-state index is 0.293. The van der Waals surface area contributed by atoms with Crippen molar-refractivity contribution in [2.75, 3.05) is 25.5 Å². The third kappa shape index (κ3) is 4.31. The van der Waals surface area contributed by atoms with Crippen molar-refractivity contribution in [2.45, 2.75) is 39.5 Å². The van der Waals surface area contributed by atoms with E-state index in [0.717, 1.165) is 6.54 Å². The minimum Gasteiger partial charge on any atom is -0.392 e. The Morgan fingerprint density at radius 3 is 2.22 bits per heavy atom. The largest absolute Gasteiger partial charge is 0.392 e. The van der Waals surface area contributed by atoms with E-state index in [-0.39, 0.29) is 6.10 Å². The molecule has 1 aromatic rings. The summed E-state index contributed by atoms with van der Waals surface area (Å²) < 4.78 is 0. The Labute approximate surface area is 111 Å². The molecule has 0 aliphatic rings. The van der Waals surface area contributed by atoms with Crippen LogP contribution >= 0.6 is 0 Å². The van der Waals surface area contributed by atoms with Gasteiger partial charge in [-0.15, -0.1) is 0 Å². The quantitative estimate of drug-likeness (QED) is 0.839. The molecule has 3 nitrogen and oxygen atoms in total. The molecule has 0 aliphatic heterocycles. The van der Waals surface area contributed by atoms with Gasteiger partial charge in [0.2, 0.25) is 0 Å². The highest BCUT2D eigenvalue weighted by Crippen LogP contribution is 2.20. The Bertz CT molecular complexity index is 361. The van der Waals surface area contributed by atoms with Gasteiger partial charge < -0.3 is 10.0 Å². The van der Waals surface area contributed by atoms with Crippen LogP contribution in [0.5, 0.6) is 0 Å². The normalized spacial score (nSPS) is 13.1. The van der Waals surface area contributed by atoms with Crippen LogP contribution in [-0.2, 0) is 6.54 Å². The summed E-state index contributed by atoms with van der Waals surface area (Å²) in [5.74, 6) is 0. The highest BCUT2D eigenvalue weighted by atomic mass is 16.3. The molecule has 0 bridgehead atoms. The van der Waals surface area contributed by atoms with Gasteiger partial charge in [-0.05, 0) is 32.4 Å². The second-order valence-corrected chi connectivity index (χ2v) is 5.40. The predicted molar refractivity (Wildman–Crippen MR) is 78.0 cm³/mol. The lowest BCUT2D eigenvalue weighted by molar-refractivity contribution is 0.103. The molecule has 0 saturated heterocycles. The zero-order valence-electron chi connectivity index (χ0n) is 12.2. The average molecular weight is 250 g/mol. The number of aliphatic hydroxyl groups is 1. The zero-order valence-corrected chi connectivity index (χ0v) is 12.2. The van der Waals surface area contributed by atoms with Crippen molar-refractivity contribution in [3.8, 4) is 0 Å². The van der Waals surface area contributed by atoms with Crippen molar-refractivity contribution in [3.05, 3.63) is 29.8 Å². The monoisotopic (exact) mass is 250 g/mol. The Morgan fingerprint density at radius 1 is 1.11 bits per heavy atom. The van der Waals surface area contributed by atoms with Gasteiger partial charge in [0.05, 0.1) is 6.10 Å². The van der Waals surface area contributed by atoms with Crippen LogP contribution in [0, 0.1) is 0 Å². The molecule has 0 aliphatic carbocycles. The summed E-state index contributed by atoms with van der Waals surface area (Å²) in [7, 11) is 4.13. The molecule has 0 saturated carbocycles. The number of nitrogens with zero attached hydrogens (tertiary/aromatic N) is 2. The van der Waals surface area contributed by atoms with Crippen LogP contribution in [0.1, 0.15) is 26.3 Å². The number of rotatable bonds is 6. The molecule has 102 valence electrons. The first kappa shape index (κ1) is 15.0. The summed E-state index contributed by atoms with van der Waals surface area (Å²) in [6.45, 7) is 7.75. The fourth-order valence-corrected chi connectivity index (χ4v) is 2.10. The smallest absolute Gasteiger partial charge is 0.0639 e. The third-order valence-corrected chi connectivity index (χ3v) is 3.08. The summed E-state index contributed by atoms with van der Waals surface area (Å²) in [6, 6.07) is 8.86. The van der Waals surface area contributed by atoms with E-state index in [1.807, 2.05) is 6.92 Å². The van der Waals surface area contributed by atoms with Gasteiger partial charge in [0.15, 0.2) is 0 Å². The molecule has 3 heteroatoms. The molecule has 1 aromatic carbocycles. The molecule has 0 heterocycles. The molecule has 18 heavy (non-hydrogen) atoms. The molecule has 1 rings (SSSR count). The van der Waals surface area contributed by atoms with Crippen LogP contribution in [0.25, 0.3) is 0 Å². The third-order valence-electron chi connectivity index (χ3n) is 3.08. The number of hydrogen-bond donors (Lipinski definition) is 1. The lowest BCUT2D eigenvalue weighted by Crippen LogP contribution is -2.36. The average Bonchev–Trinajstić information content (AvgIpc) is 2.27. The highest BCUT2D eigenvalue weighted by Gasteiger charge is 2.14. The molecule has 0 aromatic heterocycles. The predicted octanol–water partition coefficient (Wildman–Crippen LogP) is 2.34. The lowest BCUT2D eigenvalue weighted by atomic mass is 10.1. The van der Waals surface area contributed by atoms with Crippen LogP contribution in [-0.4, -0.2) is 42.8 Å². The van der Waals surface area contributed by atoms with Crippen LogP contribution in [0.15, 0.2) is 24.3 Å². The van der Waals surface area contributed by atoms with Crippen LogP contribution < -0.4 is 4.90 Å². The minimum atomic E-state index is -0.293. The molecule has 0 radical (unpaired) electrons. The van der Waals surface area contributed by atoms with E-state index in [2.05, 4.69) is 62.0 Å². The SMILES string of the molecule is CC(O)CN(Cc1ccccc1N(C)C)C(C)C. The van der Waals surface area contributed by atoms with Gasteiger partial charge in [-0.2, -0.15) is 0 Å². The van der Waals surface area contributed by atoms with Gasteiger partial charge in [0.25, 0.3) is 0 Å². The van der Waals surface area contributed by atoms with E-state index in [4.69, 9.17) is 0 Å². The van der Waals surface area contributed by atoms with Gasteiger partial charge in [0.1, 0.15) is 0 Å². The van der Waals surface area contributed by atoms with Crippen LogP contribution in [0.3, 0.4) is 0 Å². The first-order valence-corrected chi connectivity index (χ1v) is 6.59. The van der Waals surface area contributed by atoms with Crippen molar-refractivity contribution in [1.82, 2.24) is 4.90 Å². The number of benzene rings is 1. The second-order valence-electron chi connectivity index (χ2n) is 5.40. The van der Waals surface area contributed by atoms with E-state index >= 15 is 0 Å². The van der Waals surface area contributed by atoms with Gasteiger partial charge in [-0.3, -0.25) is 4.90 Å². The van der Waals surface area contributed by atoms with E-state index in [1.54, 1.807) is 0 Å². The summed E-state index contributed by atoms with van der Waals surface area (Å²) in [5.41, 5.74) is 2.55. The number of aliphatic hydroxyl groups excluding tert-OH is 1. The van der Waals surface area contributed by atoms with E-state index < -0.39 is 0 Å². The standard InChI is InChI=1S/C15H26N2O/c1-12(2)17(10-13(3)18)11-14-8-6-7-9-15(14)16(4)5/h6-9,12-13,18H,10-11H2,1-5H3. The van der Waals surface area contributed by atoms with Crippen LogP contribution in [0.4, 0.5) is 5.69 Å². The summed E-state index contributed by atoms with van der Waals surface area (Å²) >= 11 is 0. The zero-order chi connectivity index (χ0) is 13.7. The van der Waals surface area contributed by atoms with Crippen molar-refractivity contribution < 1.29 is 5.11 Å². The topological polar surface area (TPSA) is 26.7 Å². The Kier molecular flexibility index (Phi) is 5.63. The Morgan fingerprint density at radius 2 is 1.72 bits per heavy atom. The van der Waals surface area contributed by atoms with Gasteiger partial charge >= 0.3 is 0 Å². The molecule has 0 amide bonds. The maximum atomic E-state index is 9.58. The maximum absolute atomic E-state index is 9.58. The Balaban J connectivity index is 2.86. The summed E-state index contributed by atoms with van der Waals surface area (Å²) in [4.78, 5) is 4.43. The van der Waals surface area contributed by atoms with E-state index in [1.165, 1.54) is 11.3 Å². The molecular weight excluding hydrogens is 224 g/mol. The molecule has 1 N–H and O–H groups in total. The molecule has 0 spiro atoms. The van der Waals surface area contributed by atoms with Crippen molar-refractivity contribution in [3.63, 3.8) is 0 Å². The molecular formula is C15H26N2O. The fraction of sp³-hybridized carbons (Fsp3) is 0.600. The van der Waals surface area contributed by atoms with Gasteiger partial charge in [0, 0.05) is 38.9 Å². The molecule has 0 fully saturated rings. The van der Waals surface area contributed by atoms with E-state index in [0.29, 0.717) is 12.6 Å². The molecule has 1 atom stereocenters. The van der Waals surface area contributed by atoms with Crippen LogP contribution in [0.2, 0.25) is 0 Å².